The van der Waals surface area contributed by atoms with Crippen LogP contribution in [0.1, 0.15) is 10.4 Å². The number of carbonyl (C=O) groups is 1. The molecule has 0 bridgehead atoms. The third-order valence-corrected chi connectivity index (χ3v) is 2.13. The Bertz CT molecular complexity index is 544. The zero-order valence-corrected chi connectivity index (χ0v) is 8.96. The van der Waals surface area contributed by atoms with Crippen molar-refractivity contribution in [2.45, 2.75) is 0 Å². The summed E-state index contributed by atoms with van der Waals surface area (Å²) in [5.41, 5.74) is -0.833. The molecule has 7 heteroatoms. The molecular formula is C8H9N2O4S. The van der Waals surface area contributed by atoms with E-state index in [0.717, 1.165) is 16.9 Å². The number of aryl methyl sites for hydroxylation is 1. The number of nitrogens with zero attached hydrogens (tertiary/aromatic N) is 1. The Morgan fingerprint density at radius 1 is 1.53 bits per heavy atom. The molecule has 0 fully saturated rings. The van der Waals surface area contributed by atoms with E-state index in [4.69, 9.17) is 0 Å². The van der Waals surface area contributed by atoms with Gasteiger partial charge >= 0.3 is 0 Å². The average Bonchev–Trinajstić information content (AvgIpc) is 2.06. The van der Waals surface area contributed by atoms with Crippen molar-refractivity contribution < 1.29 is 13.2 Å². The van der Waals surface area contributed by atoms with Gasteiger partial charge in [0, 0.05) is 19.3 Å². The van der Waals surface area contributed by atoms with Crippen LogP contribution in [0.4, 0.5) is 0 Å². The molecule has 1 aromatic rings. The summed E-state index contributed by atoms with van der Waals surface area (Å²) < 4.78 is 24.4. The smallest absolute Gasteiger partial charge is 0.270 e. The van der Waals surface area contributed by atoms with E-state index in [0.29, 0.717) is 0 Å². The van der Waals surface area contributed by atoms with Crippen LogP contribution in [0, 0.1) is 6.07 Å². The molecule has 6 nitrogen and oxygen atoms in total. The molecule has 0 unspecified atom stereocenters. The molecule has 0 aliphatic heterocycles. The van der Waals surface area contributed by atoms with Crippen molar-refractivity contribution in [2.75, 3.05) is 6.26 Å². The van der Waals surface area contributed by atoms with Gasteiger partial charge in [-0.15, -0.1) is 0 Å². The molecule has 1 amide bonds. The summed E-state index contributed by atoms with van der Waals surface area (Å²) in [7, 11) is -2.22. The lowest BCUT2D eigenvalue weighted by atomic mass is 10.3. The molecule has 0 aliphatic rings. The number of hydrogen-bond acceptors (Lipinski definition) is 4. The molecule has 15 heavy (non-hydrogen) atoms. The van der Waals surface area contributed by atoms with Crippen molar-refractivity contribution in [3.8, 4) is 0 Å². The fourth-order valence-electron chi connectivity index (χ4n) is 0.929. The van der Waals surface area contributed by atoms with Gasteiger partial charge in [0.2, 0.25) is 10.0 Å². The Kier molecular flexibility index (Phi) is 2.94. The van der Waals surface area contributed by atoms with Crippen LogP contribution in [-0.2, 0) is 17.1 Å². The third-order valence-electron chi connectivity index (χ3n) is 1.57. The molecule has 81 valence electrons. The fourth-order valence-corrected chi connectivity index (χ4v) is 1.38. The van der Waals surface area contributed by atoms with E-state index in [1.807, 2.05) is 0 Å². The number of carbonyl (C=O) groups excluding carboxylic acids is 1. The minimum Gasteiger partial charge on any atom is -0.317 e. The monoisotopic (exact) mass is 229 g/mol. The summed E-state index contributed by atoms with van der Waals surface area (Å²) in [5.74, 6) is -0.949. The summed E-state index contributed by atoms with van der Waals surface area (Å²) in [6, 6.07) is 3.69. The summed E-state index contributed by atoms with van der Waals surface area (Å²) in [5, 5.41) is 0. The second-order valence-corrected chi connectivity index (χ2v) is 4.72. The normalized spacial score (nSPS) is 11.1. The summed E-state index contributed by atoms with van der Waals surface area (Å²) in [6.07, 6.45) is 2.18. The first kappa shape index (κ1) is 11.4. The van der Waals surface area contributed by atoms with Crippen LogP contribution >= 0.6 is 0 Å². The number of nitrogens with one attached hydrogen (secondary N) is 1. The van der Waals surface area contributed by atoms with Gasteiger partial charge in [-0.25, -0.2) is 13.1 Å². The van der Waals surface area contributed by atoms with E-state index in [-0.39, 0.29) is 5.56 Å². The Morgan fingerprint density at radius 3 is 2.67 bits per heavy atom. The lowest BCUT2D eigenvalue weighted by Gasteiger charge is -2.02. The Labute approximate surface area is 86.6 Å². The Balaban J connectivity index is 3.14. The topological polar surface area (TPSA) is 85.2 Å². The predicted molar refractivity (Wildman–Crippen MR) is 52.8 cm³/mol. The van der Waals surface area contributed by atoms with Crippen LogP contribution in [0.3, 0.4) is 0 Å². The van der Waals surface area contributed by atoms with Gasteiger partial charge in [-0.05, 0) is 6.07 Å². The SMILES string of the molecule is Cn1c[c]cc(C(=O)NS(C)(=O)=O)c1=O. The Hall–Kier alpha value is -1.63. The van der Waals surface area contributed by atoms with Gasteiger partial charge in [0.05, 0.1) is 6.26 Å². The fraction of sp³-hybridized carbons (Fsp3) is 0.250. The highest BCUT2D eigenvalue weighted by Gasteiger charge is 2.14. The predicted octanol–water partition coefficient (Wildman–Crippen LogP) is -1.13. The average molecular weight is 229 g/mol. The number of amides is 1. The highest BCUT2D eigenvalue weighted by molar-refractivity contribution is 7.89. The standard InChI is InChI=1S/C8H9N2O4S/c1-10-5-3-4-6(8(10)12)7(11)9-15(2,13)14/h4-5H,1-2H3,(H,9,11). The van der Waals surface area contributed by atoms with E-state index in [2.05, 4.69) is 6.07 Å². The third kappa shape index (κ3) is 2.91. The van der Waals surface area contributed by atoms with Crippen molar-refractivity contribution >= 4 is 15.9 Å². The van der Waals surface area contributed by atoms with E-state index < -0.39 is 21.5 Å². The van der Waals surface area contributed by atoms with Crippen molar-refractivity contribution in [1.82, 2.24) is 9.29 Å². The largest absolute Gasteiger partial charge is 0.317 e. The first-order chi connectivity index (χ1) is 6.81. The van der Waals surface area contributed by atoms with Gasteiger partial charge in [0.25, 0.3) is 11.5 Å². The molecule has 0 spiro atoms. The van der Waals surface area contributed by atoms with Crippen LogP contribution in [0.15, 0.2) is 17.1 Å². The lowest BCUT2D eigenvalue weighted by Crippen LogP contribution is -2.35. The maximum atomic E-state index is 11.4. The molecule has 1 heterocycles. The van der Waals surface area contributed by atoms with E-state index >= 15 is 0 Å². The van der Waals surface area contributed by atoms with Crippen LogP contribution in [-0.4, -0.2) is 25.1 Å². The zero-order chi connectivity index (χ0) is 11.6. The quantitative estimate of drug-likeness (QED) is 0.695. The van der Waals surface area contributed by atoms with Crippen molar-refractivity contribution in [3.05, 3.63) is 34.2 Å². The molecular weight excluding hydrogens is 220 g/mol. The highest BCUT2D eigenvalue weighted by Crippen LogP contribution is 1.91. The Morgan fingerprint density at radius 2 is 2.13 bits per heavy atom. The lowest BCUT2D eigenvalue weighted by molar-refractivity contribution is 0.0979. The van der Waals surface area contributed by atoms with Crippen molar-refractivity contribution in [2.24, 2.45) is 7.05 Å². The zero-order valence-electron chi connectivity index (χ0n) is 8.14. The first-order valence-electron chi connectivity index (χ1n) is 3.90. The van der Waals surface area contributed by atoms with Gasteiger partial charge in [0.15, 0.2) is 0 Å². The number of pyridine rings is 1. The van der Waals surface area contributed by atoms with E-state index in [9.17, 15) is 18.0 Å². The second kappa shape index (κ2) is 3.85. The van der Waals surface area contributed by atoms with Gasteiger partial charge < -0.3 is 4.57 Å². The number of rotatable bonds is 2. The van der Waals surface area contributed by atoms with Crippen molar-refractivity contribution in [3.63, 3.8) is 0 Å². The molecule has 0 saturated carbocycles. The second-order valence-electron chi connectivity index (χ2n) is 2.97. The van der Waals surface area contributed by atoms with Gasteiger partial charge in [-0.3, -0.25) is 9.59 Å². The van der Waals surface area contributed by atoms with Crippen LogP contribution in [0.2, 0.25) is 0 Å². The molecule has 0 atom stereocenters. The molecule has 0 saturated heterocycles. The highest BCUT2D eigenvalue weighted by atomic mass is 32.2. The molecule has 0 aromatic carbocycles. The van der Waals surface area contributed by atoms with Crippen LogP contribution < -0.4 is 10.3 Å². The van der Waals surface area contributed by atoms with Crippen LogP contribution in [0.25, 0.3) is 0 Å². The molecule has 1 N–H and O–H groups in total. The van der Waals surface area contributed by atoms with Gasteiger partial charge in [-0.2, -0.15) is 0 Å². The maximum Gasteiger partial charge on any atom is 0.270 e. The number of sulfonamides is 1. The summed E-state index contributed by atoms with van der Waals surface area (Å²) in [6.45, 7) is 0. The van der Waals surface area contributed by atoms with E-state index in [1.165, 1.54) is 13.2 Å². The molecule has 1 radical (unpaired) electrons. The first-order valence-corrected chi connectivity index (χ1v) is 5.79. The minimum atomic E-state index is -3.66. The molecule has 1 aromatic heterocycles. The van der Waals surface area contributed by atoms with E-state index in [1.54, 1.807) is 4.72 Å². The van der Waals surface area contributed by atoms with Crippen LogP contribution in [0.5, 0.6) is 0 Å². The van der Waals surface area contributed by atoms with Crippen molar-refractivity contribution in [1.29, 1.82) is 0 Å². The molecule has 0 aliphatic carbocycles. The number of hydrogen-bond donors (Lipinski definition) is 1. The minimum absolute atomic E-state index is 0.259. The van der Waals surface area contributed by atoms with Gasteiger partial charge in [-0.1, -0.05) is 0 Å². The molecule has 1 rings (SSSR count). The maximum absolute atomic E-state index is 11.4. The van der Waals surface area contributed by atoms with Gasteiger partial charge in [0.1, 0.15) is 5.56 Å². The summed E-state index contributed by atoms with van der Waals surface area (Å²) in [4.78, 5) is 22.7. The summed E-state index contributed by atoms with van der Waals surface area (Å²) >= 11 is 0. The number of aromatic nitrogens is 1.